The summed E-state index contributed by atoms with van der Waals surface area (Å²) in [5.74, 6) is 0.572. The standard InChI is InChI=1S/C21H41N5O7/c1-4-26-13-7-12(24)16(32-19-11(23)6-5-10(8-22)31-19)14(27)17(13)33-20-15(28)18(25-3)21(2,29)9-30-20/h5,11-20,25-29H,4,6-9,22-24H2,1-3H3/t11-,12+,13-,14+,15-,16-,17+,18+,19-,20-,21+/m1/s1. The number of hydrogen-bond acceptors (Lipinski definition) is 12. The quantitative estimate of drug-likeness (QED) is 0.175. The van der Waals surface area contributed by atoms with Crippen molar-refractivity contribution in [3.63, 3.8) is 0 Å². The largest absolute Gasteiger partial charge is 0.467 e. The van der Waals surface area contributed by atoms with Crippen LogP contribution in [0, 0.1) is 0 Å². The molecule has 0 aromatic carbocycles. The van der Waals surface area contributed by atoms with E-state index in [0.717, 1.165) is 0 Å². The van der Waals surface area contributed by atoms with E-state index in [9.17, 15) is 15.3 Å². The third kappa shape index (κ3) is 5.85. The molecule has 0 aromatic rings. The van der Waals surface area contributed by atoms with Crippen LogP contribution in [0.15, 0.2) is 11.8 Å². The van der Waals surface area contributed by atoms with Crippen LogP contribution in [0.1, 0.15) is 26.7 Å². The van der Waals surface area contributed by atoms with Gasteiger partial charge in [0.1, 0.15) is 35.8 Å². The number of aliphatic hydroxyl groups excluding tert-OH is 2. The summed E-state index contributed by atoms with van der Waals surface area (Å²) in [6.07, 6.45) is -3.05. The summed E-state index contributed by atoms with van der Waals surface area (Å²) in [4.78, 5) is 0. The second kappa shape index (κ2) is 11.2. The molecule has 2 heterocycles. The molecule has 3 aliphatic rings. The van der Waals surface area contributed by atoms with E-state index in [0.29, 0.717) is 25.1 Å². The van der Waals surface area contributed by atoms with Gasteiger partial charge in [0.05, 0.1) is 25.2 Å². The Morgan fingerprint density at radius 2 is 1.85 bits per heavy atom. The Morgan fingerprint density at radius 1 is 1.15 bits per heavy atom. The van der Waals surface area contributed by atoms with Gasteiger partial charge in [-0.2, -0.15) is 0 Å². The highest BCUT2D eigenvalue weighted by atomic mass is 16.7. The molecule has 12 nitrogen and oxygen atoms in total. The minimum atomic E-state index is -1.28. The minimum absolute atomic E-state index is 0.0483. The van der Waals surface area contributed by atoms with Crippen LogP contribution in [-0.2, 0) is 18.9 Å². The molecule has 2 aliphatic heterocycles. The first-order valence-electron chi connectivity index (χ1n) is 11.6. The molecule has 1 aliphatic carbocycles. The Balaban J connectivity index is 1.75. The van der Waals surface area contributed by atoms with E-state index in [2.05, 4.69) is 10.6 Å². The molecule has 1 saturated heterocycles. The first-order chi connectivity index (χ1) is 15.6. The summed E-state index contributed by atoms with van der Waals surface area (Å²) in [6, 6.07) is -1.95. The van der Waals surface area contributed by atoms with E-state index in [1.807, 2.05) is 13.0 Å². The maximum atomic E-state index is 11.3. The van der Waals surface area contributed by atoms with Gasteiger partial charge in [0, 0.05) is 12.1 Å². The summed E-state index contributed by atoms with van der Waals surface area (Å²) < 4.78 is 23.6. The molecule has 0 aromatic heterocycles. The van der Waals surface area contributed by atoms with Crippen molar-refractivity contribution in [2.24, 2.45) is 17.2 Å². The van der Waals surface area contributed by atoms with Crippen molar-refractivity contribution in [1.29, 1.82) is 0 Å². The molecule has 11 N–H and O–H groups in total. The van der Waals surface area contributed by atoms with Gasteiger partial charge in [-0.1, -0.05) is 6.92 Å². The van der Waals surface area contributed by atoms with Crippen molar-refractivity contribution < 1.29 is 34.3 Å². The predicted molar refractivity (Wildman–Crippen MR) is 120 cm³/mol. The van der Waals surface area contributed by atoms with Crippen LogP contribution >= 0.6 is 0 Å². The summed E-state index contributed by atoms with van der Waals surface area (Å²) in [7, 11) is 1.64. The number of rotatable bonds is 8. The number of hydrogen-bond donors (Lipinski definition) is 8. The summed E-state index contributed by atoms with van der Waals surface area (Å²) in [5, 5.41) is 38.8. The molecule has 0 amide bonds. The fourth-order valence-electron chi connectivity index (χ4n) is 4.86. The fraction of sp³-hybridized carbons (Fsp3) is 0.905. The lowest BCUT2D eigenvalue weighted by Crippen LogP contribution is -2.69. The van der Waals surface area contributed by atoms with Crippen LogP contribution in [0.4, 0.5) is 0 Å². The topological polar surface area (TPSA) is 200 Å². The van der Waals surface area contributed by atoms with Gasteiger partial charge in [-0.25, -0.2) is 0 Å². The van der Waals surface area contributed by atoms with Crippen LogP contribution in [0.25, 0.3) is 0 Å². The summed E-state index contributed by atoms with van der Waals surface area (Å²) in [6.45, 7) is 4.30. The van der Waals surface area contributed by atoms with Crippen molar-refractivity contribution in [3.8, 4) is 0 Å². The molecule has 0 spiro atoms. The molecule has 33 heavy (non-hydrogen) atoms. The molecule has 0 bridgehead atoms. The molecular formula is C21H41N5O7. The van der Waals surface area contributed by atoms with Gasteiger partial charge in [-0.3, -0.25) is 0 Å². The van der Waals surface area contributed by atoms with E-state index < -0.39 is 60.7 Å². The highest BCUT2D eigenvalue weighted by molar-refractivity contribution is 5.05. The number of nitrogens with two attached hydrogens (primary N) is 3. The monoisotopic (exact) mass is 475 g/mol. The predicted octanol–water partition coefficient (Wildman–Crippen LogP) is -3.20. The third-order valence-corrected chi connectivity index (χ3v) is 6.64. The average Bonchev–Trinajstić information content (AvgIpc) is 2.76. The van der Waals surface area contributed by atoms with Gasteiger partial charge in [-0.05, 0) is 39.4 Å². The third-order valence-electron chi connectivity index (χ3n) is 6.64. The molecular weight excluding hydrogens is 434 g/mol. The van der Waals surface area contributed by atoms with Gasteiger partial charge in [-0.15, -0.1) is 0 Å². The molecule has 11 atom stereocenters. The smallest absolute Gasteiger partial charge is 0.215 e. The number of ether oxygens (including phenoxy) is 4. The Bertz CT molecular complexity index is 669. The molecule has 12 heteroatoms. The lowest BCUT2D eigenvalue weighted by Gasteiger charge is -2.49. The van der Waals surface area contributed by atoms with Crippen molar-refractivity contribution in [2.45, 2.75) is 93.5 Å². The minimum Gasteiger partial charge on any atom is -0.467 e. The first-order valence-corrected chi connectivity index (χ1v) is 11.6. The molecule has 1 saturated carbocycles. The molecule has 0 unspecified atom stereocenters. The summed E-state index contributed by atoms with van der Waals surface area (Å²) >= 11 is 0. The second-order valence-electron chi connectivity index (χ2n) is 9.31. The van der Waals surface area contributed by atoms with Gasteiger partial charge >= 0.3 is 0 Å². The Kier molecular flexibility index (Phi) is 9.08. The lowest BCUT2D eigenvalue weighted by atomic mass is 9.83. The molecule has 0 radical (unpaired) electrons. The molecule has 2 fully saturated rings. The van der Waals surface area contributed by atoms with Gasteiger partial charge in [0.25, 0.3) is 0 Å². The Hall–Kier alpha value is -0.900. The van der Waals surface area contributed by atoms with E-state index >= 15 is 0 Å². The maximum Gasteiger partial charge on any atom is 0.215 e. The zero-order valence-corrected chi connectivity index (χ0v) is 19.6. The zero-order chi connectivity index (χ0) is 24.3. The van der Waals surface area contributed by atoms with Gasteiger partial charge in [0.2, 0.25) is 6.29 Å². The number of nitrogens with one attached hydrogen (secondary N) is 2. The molecule has 192 valence electrons. The van der Waals surface area contributed by atoms with Crippen LogP contribution in [0.5, 0.6) is 0 Å². The van der Waals surface area contributed by atoms with E-state index in [4.69, 9.17) is 36.1 Å². The lowest BCUT2D eigenvalue weighted by molar-refractivity contribution is -0.304. The average molecular weight is 476 g/mol. The van der Waals surface area contributed by atoms with Crippen molar-refractivity contribution >= 4 is 0 Å². The van der Waals surface area contributed by atoms with E-state index in [1.54, 1.807) is 14.0 Å². The van der Waals surface area contributed by atoms with Crippen LogP contribution in [-0.4, -0.2) is 109 Å². The van der Waals surface area contributed by atoms with Crippen LogP contribution < -0.4 is 27.8 Å². The van der Waals surface area contributed by atoms with Gasteiger partial charge in [0.15, 0.2) is 6.29 Å². The molecule has 3 rings (SSSR count). The highest BCUT2D eigenvalue weighted by Gasteiger charge is 2.51. The highest BCUT2D eigenvalue weighted by Crippen LogP contribution is 2.31. The van der Waals surface area contributed by atoms with Crippen molar-refractivity contribution in [2.75, 3.05) is 26.7 Å². The van der Waals surface area contributed by atoms with E-state index in [-0.39, 0.29) is 19.2 Å². The fourth-order valence-corrected chi connectivity index (χ4v) is 4.86. The van der Waals surface area contributed by atoms with E-state index in [1.165, 1.54) is 0 Å². The Morgan fingerprint density at radius 3 is 2.48 bits per heavy atom. The second-order valence-corrected chi connectivity index (χ2v) is 9.31. The van der Waals surface area contributed by atoms with Crippen LogP contribution in [0.3, 0.4) is 0 Å². The normalized spacial score (nSPS) is 46.5. The maximum absolute atomic E-state index is 11.3. The zero-order valence-electron chi connectivity index (χ0n) is 19.6. The van der Waals surface area contributed by atoms with Crippen LogP contribution in [0.2, 0.25) is 0 Å². The summed E-state index contributed by atoms with van der Waals surface area (Å²) in [5.41, 5.74) is 16.9. The number of likely N-dealkylation sites (N-methyl/N-ethyl adjacent to an activating group) is 2. The van der Waals surface area contributed by atoms with Crippen molar-refractivity contribution in [1.82, 2.24) is 10.6 Å². The van der Waals surface area contributed by atoms with Crippen molar-refractivity contribution in [3.05, 3.63) is 11.8 Å². The Labute approximate surface area is 194 Å². The number of aliphatic hydroxyl groups is 3. The SMILES string of the molecule is CCN[C@@H]1C[C@H](N)[C@@H](O[C@H]2OC(CN)=CC[C@H]2N)[C@H](O)[C@H]1O[C@H]1OC[C@](C)(O)[C@@H](NC)[C@H]1O. The first kappa shape index (κ1) is 26.7. The van der Waals surface area contributed by atoms with Gasteiger partial charge < -0.3 is 62.1 Å².